The molecule has 1 aliphatic rings. The topological polar surface area (TPSA) is 12.0 Å². The number of benzene rings is 2. The van der Waals surface area contributed by atoms with Crippen molar-refractivity contribution in [2.45, 2.75) is 18.4 Å². The second-order valence-electron chi connectivity index (χ2n) is 4.88. The van der Waals surface area contributed by atoms with Gasteiger partial charge in [0.2, 0.25) is 0 Å². The lowest BCUT2D eigenvalue weighted by Gasteiger charge is -2.21. The van der Waals surface area contributed by atoms with E-state index in [0.29, 0.717) is 5.56 Å². The van der Waals surface area contributed by atoms with Crippen LogP contribution in [0.5, 0.6) is 0 Å². The molecular formula is C16H15ClFN. The van der Waals surface area contributed by atoms with Crippen LogP contribution in [0.4, 0.5) is 4.39 Å². The fourth-order valence-corrected chi connectivity index (χ4v) is 3.04. The Morgan fingerprint density at radius 2 is 1.84 bits per heavy atom. The van der Waals surface area contributed by atoms with Gasteiger partial charge in [0, 0.05) is 12.0 Å². The van der Waals surface area contributed by atoms with Crippen molar-refractivity contribution in [3.05, 3.63) is 70.5 Å². The van der Waals surface area contributed by atoms with Gasteiger partial charge in [0.1, 0.15) is 5.82 Å². The Labute approximate surface area is 117 Å². The van der Waals surface area contributed by atoms with Crippen molar-refractivity contribution >= 4 is 11.6 Å². The summed E-state index contributed by atoms with van der Waals surface area (Å²) >= 11 is 5.89. The fraction of sp³-hybridized carbons (Fsp3) is 0.250. The van der Waals surface area contributed by atoms with Gasteiger partial charge in [0.05, 0.1) is 5.02 Å². The minimum Gasteiger partial charge on any atom is -0.309 e. The van der Waals surface area contributed by atoms with Gasteiger partial charge >= 0.3 is 0 Å². The van der Waals surface area contributed by atoms with Gasteiger partial charge in [-0.3, -0.25) is 0 Å². The molecule has 2 unspecified atom stereocenters. The Morgan fingerprint density at radius 3 is 2.63 bits per heavy atom. The highest BCUT2D eigenvalue weighted by Crippen LogP contribution is 2.39. The number of hydrogen-bond donors (Lipinski definition) is 1. The first-order valence-corrected chi connectivity index (χ1v) is 6.87. The van der Waals surface area contributed by atoms with E-state index in [9.17, 15) is 4.39 Å². The molecule has 19 heavy (non-hydrogen) atoms. The second-order valence-corrected chi connectivity index (χ2v) is 5.29. The van der Waals surface area contributed by atoms with Gasteiger partial charge in [0.25, 0.3) is 0 Å². The quantitative estimate of drug-likeness (QED) is 0.862. The largest absolute Gasteiger partial charge is 0.309 e. The first kappa shape index (κ1) is 12.6. The molecule has 2 aromatic carbocycles. The van der Waals surface area contributed by atoms with E-state index in [1.54, 1.807) is 6.07 Å². The van der Waals surface area contributed by atoms with Crippen LogP contribution in [-0.2, 0) is 0 Å². The van der Waals surface area contributed by atoms with E-state index in [-0.39, 0.29) is 22.8 Å². The SMILES string of the molecule is Fc1c(Cl)cccc1C1CCNC1c1ccccc1. The van der Waals surface area contributed by atoms with Gasteiger partial charge in [0.15, 0.2) is 0 Å². The minimum atomic E-state index is -0.279. The molecule has 0 saturated carbocycles. The molecule has 0 amide bonds. The Kier molecular flexibility index (Phi) is 3.54. The molecular weight excluding hydrogens is 261 g/mol. The summed E-state index contributed by atoms with van der Waals surface area (Å²) in [4.78, 5) is 0. The van der Waals surface area contributed by atoms with E-state index < -0.39 is 0 Å². The van der Waals surface area contributed by atoms with Gasteiger partial charge in [-0.1, -0.05) is 54.1 Å². The van der Waals surface area contributed by atoms with Crippen LogP contribution in [-0.4, -0.2) is 6.54 Å². The average Bonchev–Trinajstić information content (AvgIpc) is 2.92. The lowest BCUT2D eigenvalue weighted by atomic mass is 9.87. The smallest absolute Gasteiger partial charge is 0.145 e. The van der Waals surface area contributed by atoms with E-state index in [0.717, 1.165) is 13.0 Å². The summed E-state index contributed by atoms with van der Waals surface area (Å²) in [6.07, 6.45) is 0.927. The summed E-state index contributed by atoms with van der Waals surface area (Å²) in [5.74, 6) is -0.139. The number of hydrogen-bond acceptors (Lipinski definition) is 1. The zero-order valence-corrected chi connectivity index (χ0v) is 11.2. The lowest BCUT2D eigenvalue weighted by molar-refractivity contribution is 0.534. The molecule has 2 aromatic rings. The normalized spacial score (nSPS) is 22.6. The minimum absolute atomic E-state index is 0.140. The zero-order chi connectivity index (χ0) is 13.2. The number of rotatable bonds is 2. The van der Waals surface area contributed by atoms with Crippen LogP contribution in [0.3, 0.4) is 0 Å². The third kappa shape index (κ3) is 2.38. The first-order valence-electron chi connectivity index (χ1n) is 6.49. The maximum atomic E-state index is 14.2. The highest BCUT2D eigenvalue weighted by atomic mass is 35.5. The molecule has 3 heteroatoms. The molecule has 1 saturated heterocycles. The Bertz CT molecular complexity index is 570. The van der Waals surface area contributed by atoms with E-state index in [1.807, 2.05) is 30.3 Å². The summed E-state index contributed by atoms with van der Waals surface area (Å²) in [6.45, 7) is 0.899. The maximum absolute atomic E-state index is 14.2. The highest BCUT2D eigenvalue weighted by Gasteiger charge is 2.31. The van der Waals surface area contributed by atoms with E-state index >= 15 is 0 Å². The Balaban J connectivity index is 1.98. The van der Waals surface area contributed by atoms with Gasteiger partial charge in [-0.05, 0) is 30.2 Å². The molecule has 1 N–H and O–H groups in total. The molecule has 0 spiro atoms. The maximum Gasteiger partial charge on any atom is 0.145 e. The summed E-state index contributed by atoms with van der Waals surface area (Å²) in [5.41, 5.74) is 1.91. The van der Waals surface area contributed by atoms with Crippen LogP contribution >= 0.6 is 11.6 Å². The number of halogens is 2. The molecule has 1 aliphatic heterocycles. The van der Waals surface area contributed by atoms with Crippen LogP contribution in [0, 0.1) is 5.82 Å². The standard InChI is InChI=1S/C16H15ClFN/c17-14-8-4-7-12(15(14)18)13-9-10-19-16(13)11-5-2-1-3-6-11/h1-8,13,16,19H,9-10H2. The Morgan fingerprint density at radius 1 is 1.05 bits per heavy atom. The predicted octanol–water partition coefficient (Wildman–Crippen LogP) is 4.30. The average molecular weight is 276 g/mol. The molecule has 1 fully saturated rings. The fourth-order valence-electron chi connectivity index (χ4n) is 2.86. The van der Waals surface area contributed by atoms with Crippen molar-refractivity contribution in [3.8, 4) is 0 Å². The molecule has 0 aromatic heterocycles. The van der Waals surface area contributed by atoms with Crippen LogP contribution in [0.2, 0.25) is 5.02 Å². The molecule has 0 aliphatic carbocycles. The van der Waals surface area contributed by atoms with Crippen molar-refractivity contribution in [2.24, 2.45) is 0 Å². The van der Waals surface area contributed by atoms with Crippen molar-refractivity contribution in [2.75, 3.05) is 6.54 Å². The monoisotopic (exact) mass is 275 g/mol. The third-order valence-corrected chi connectivity index (χ3v) is 4.05. The molecule has 0 radical (unpaired) electrons. The van der Waals surface area contributed by atoms with E-state index in [4.69, 9.17) is 11.6 Å². The zero-order valence-electron chi connectivity index (χ0n) is 10.4. The van der Waals surface area contributed by atoms with E-state index in [2.05, 4.69) is 17.4 Å². The van der Waals surface area contributed by atoms with Crippen LogP contribution in [0.15, 0.2) is 48.5 Å². The van der Waals surface area contributed by atoms with Crippen molar-refractivity contribution < 1.29 is 4.39 Å². The number of nitrogens with one attached hydrogen (secondary N) is 1. The van der Waals surface area contributed by atoms with E-state index in [1.165, 1.54) is 5.56 Å². The summed E-state index contributed by atoms with van der Waals surface area (Å²) in [6, 6.07) is 15.6. The lowest BCUT2D eigenvalue weighted by Crippen LogP contribution is -2.17. The summed E-state index contributed by atoms with van der Waals surface area (Å²) in [7, 11) is 0. The van der Waals surface area contributed by atoms with Crippen molar-refractivity contribution in [1.29, 1.82) is 0 Å². The summed E-state index contributed by atoms with van der Waals surface area (Å²) in [5, 5.41) is 3.66. The second kappa shape index (κ2) is 5.32. The van der Waals surface area contributed by atoms with Crippen LogP contribution in [0.25, 0.3) is 0 Å². The van der Waals surface area contributed by atoms with Crippen LogP contribution in [0.1, 0.15) is 29.5 Å². The van der Waals surface area contributed by atoms with Crippen LogP contribution < -0.4 is 5.32 Å². The Hall–Kier alpha value is -1.38. The molecule has 98 valence electrons. The van der Waals surface area contributed by atoms with Crippen molar-refractivity contribution in [1.82, 2.24) is 5.32 Å². The van der Waals surface area contributed by atoms with Gasteiger partial charge < -0.3 is 5.32 Å². The van der Waals surface area contributed by atoms with Crippen molar-refractivity contribution in [3.63, 3.8) is 0 Å². The molecule has 2 atom stereocenters. The molecule has 1 nitrogen and oxygen atoms in total. The third-order valence-electron chi connectivity index (χ3n) is 3.76. The first-order chi connectivity index (χ1) is 9.27. The molecule has 0 bridgehead atoms. The summed E-state index contributed by atoms with van der Waals surface area (Å²) < 4.78 is 14.2. The molecule has 1 heterocycles. The van der Waals surface area contributed by atoms with Gasteiger partial charge in [-0.2, -0.15) is 0 Å². The predicted molar refractivity (Wildman–Crippen MR) is 76.0 cm³/mol. The molecule has 3 rings (SSSR count). The highest BCUT2D eigenvalue weighted by molar-refractivity contribution is 6.30. The van der Waals surface area contributed by atoms with Gasteiger partial charge in [-0.25, -0.2) is 4.39 Å². The van der Waals surface area contributed by atoms with Gasteiger partial charge in [-0.15, -0.1) is 0 Å².